The van der Waals surface area contributed by atoms with E-state index in [4.69, 9.17) is 5.73 Å². The smallest absolute Gasteiger partial charge is 0.0126 e. The third kappa shape index (κ3) is 2.54. The fourth-order valence-electron chi connectivity index (χ4n) is 3.62. The molecule has 2 heteroatoms. The lowest BCUT2D eigenvalue weighted by Gasteiger charge is -2.47. The largest absolute Gasteiger partial charge is 0.330 e. The molecule has 3 unspecified atom stereocenters. The molecule has 0 spiro atoms. The number of piperidine rings is 1. The van der Waals surface area contributed by atoms with Crippen LogP contribution in [0.4, 0.5) is 0 Å². The molecule has 0 amide bonds. The summed E-state index contributed by atoms with van der Waals surface area (Å²) in [6.45, 7) is 4.53. The van der Waals surface area contributed by atoms with E-state index in [-0.39, 0.29) is 0 Å². The molecular weight excluding hydrogens is 184 g/mol. The summed E-state index contributed by atoms with van der Waals surface area (Å²) >= 11 is 0. The van der Waals surface area contributed by atoms with E-state index in [0.29, 0.717) is 6.04 Å². The van der Waals surface area contributed by atoms with Crippen LogP contribution in [0.3, 0.4) is 0 Å². The van der Waals surface area contributed by atoms with Crippen LogP contribution in [0.15, 0.2) is 0 Å². The Morgan fingerprint density at radius 1 is 1.20 bits per heavy atom. The summed E-state index contributed by atoms with van der Waals surface area (Å²) in [5.41, 5.74) is 5.68. The van der Waals surface area contributed by atoms with Gasteiger partial charge in [0.1, 0.15) is 0 Å². The molecule has 1 saturated heterocycles. The first-order valence-corrected chi connectivity index (χ1v) is 6.78. The maximum Gasteiger partial charge on any atom is 0.0126 e. The number of hydrogen-bond donors (Lipinski definition) is 1. The Morgan fingerprint density at radius 3 is 2.73 bits per heavy atom. The SMILES string of the molecule is CC(CCN)N1CCCC2CCCCC21. The molecule has 1 aliphatic heterocycles. The Balaban J connectivity index is 1.96. The summed E-state index contributed by atoms with van der Waals surface area (Å²) in [4.78, 5) is 2.76. The first-order chi connectivity index (χ1) is 7.33. The molecule has 3 atom stereocenters. The van der Waals surface area contributed by atoms with E-state index >= 15 is 0 Å². The minimum atomic E-state index is 0.709. The summed E-state index contributed by atoms with van der Waals surface area (Å²) < 4.78 is 0. The van der Waals surface area contributed by atoms with Crippen molar-refractivity contribution in [1.82, 2.24) is 4.90 Å². The third-order valence-corrected chi connectivity index (χ3v) is 4.44. The quantitative estimate of drug-likeness (QED) is 0.775. The normalized spacial score (nSPS) is 34.8. The first kappa shape index (κ1) is 11.4. The van der Waals surface area contributed by atoms with Crippen LogP contribution in [0, 0.1) is 5.92 Å². The van der Waals surface area contributed by atoms with E-state index in [2.05, 4.69) is 11.8 Å². The van der Waals surface area contributed by atoms with Crippen LogP contribution in [0.1, 0.15) is 51.9 Å². The summed E-state index contributed by atoms with van der Waals surface area (Å²) in [7, 11) is 0. The van der Waals surface area contributed by atoms with Crippen molar-refractivity contribution in [3.05, 3.63) is 0 Å². The van der Waals surface area contributed by atoms with Gasteiger partial charge in [-0.25, -0.2) is 0 Å². The molecule has 0 aromatic carbocycles. The Labute approximate surface area is 94.2 Å². The third-order valence-electron chi connectivity index (χ3n) is 4.44. The van der Waals surface area contributed by atoms with E-state index in [1.807, 2.05) is 0 Å². The van der Waals surface area contributed by atoms with Crippen LogP contribution in [-0.2, 0) is 0 Å². The number of fused-ring (bicyclic) bond motifs is 1. The van der Waals surface area contributed by atoms with Crippen molar-refractivity contribution in [2.45, 2.75) is 64.0 Å². The molecule has 1 aliphatic carbocycles. The number of hydrogen-bond acceptors (Lipinski definition) is 2. The van der Waals surface area contributed by atoms with Crippen molar-refractivity contribution in [1.29, 1.82) is 0 Å². The Hall–Kier alpha value is -0.0800. The van der Waals surface area contributed by atoms with Crippen LogP contribution < -0.4 is 5.73 Å². The lowest BCUT2D eigenvalue weighted by molar-refractivity contribution is 0.0295. The zero-order chi connectivity index (χ0) is 10.7. The van der Waals surface area contributed by atoms with Gasteiger partial charge < -0.3 is 5.73 Å². The Kier molecular flexibility index (Phi) is 4.04. The molecule has 1 heterocycles. The molecular formula is C13H26N2. The molecule has 2 fully saturated rings. The monoisotopic (exact) mass is 210 g/mol. The van der Waals surface area contributed by atoms with Gasteiger partial charge in [-0.3, -0.25) is 4.90 Å². The Bertz CT molecular complexity index is 191. The predicted molar refractivity (Wildman–Crippen MR) is 64.8 cm³/mol. The van der Waals surface area contributed by atoms with Gasteiger partial charge >= 0.3 is 0 Å². The summed E-state index contributed by atoms with van der Waals surface area (Å²) in [5, 5.41) is 0. The molecule has 2 nitrogen and oxygen atoms in total. The average Bonchev–Trinajstić information content (AvgIpc) is 2.28. The lowest BCUT2D eigenvalue weighted by Crippen LogP contribution is -2.51. The second-order valence-corrected chi connectivity index (χ2v) is 5.42. The molecule has 0 aromatic rings. The van der Waals surface area contributed by atoms with E-state index in [1.54, 1.807) is 0 Å². The summed E-state index contributed by atoms with van der Waals surface area (Å²) in [6, 6.07) is 1.61. The minimum absolute atomic E-state index is 0.709. The van der Waals surface area contributed by atoms with Crippen LogP contribution in [0.25, 0.3) is 0 Å². The lowest BCUT2D eigenvalue weighted by atomic mass is 9.77. The highest BCUT2D eigenvalue weighted by Gasteiger charge is 2.34. The van der Waals surface area contributed by atoms with Crippen molar-refractivity contribution < 1.29 is 0 Å². The van der Waals surface area contributed by atoms with Crippen molar-refractivity contribution in [3.63, 3.8) is 0 Å². The van der Waals surface area contributed by atoms with E-state index in [0.717, 1.165) is 18.5 Å². The Morgan fingerprint density at radius 2 is 1.93 bits per heavy atom. The van der Waals surface area contributed by atoms with E-state index in [1.165, 1.54) is 51.5 Å². The number of nitrogens with two attached hydrogens (primary N) is 1. The highest BCUT2D eigenvalue weighted by atomic mass is 15.2. The van der Waals surface area contributed by atoms with Gasteiger partial charge in [-0.15, -0.1) is 0 Å². The average molecular weight is 210 g/mol. The molecule has 2 aliphatic rings. The van der Waals surface area contributed by atoms with Gasteiger partial charge in [0, 0.05) is 12.1 Å². The maximum absolute atomic E-state index is 5.68. The molecule has 15 heavy (non-hydrogen) atoms. The van der Waals surface area contributed by atoms with Crippen molar-refractivity contribution in [2.24, 2.45) is 11.7 Å². The molecule has 0 aromatic heterocycles. The van der Waals surface area contributed by atoms with Gasteiger partial charge in [-0.1, -0.05) is 12.8 Å². The van der Waals surface area contributed by atoms with Gasteiger partial charge in [0.25, 0.3) is 0 Å². The molecule has 88 valence electrons. The van der Waals surface area contributed by atoms with Gasteiger partial charge in [-0.05, 0) is 58.0 Å². The van der Waals surface area contributed by atoms with Crippen LogP contribution >= 0.6 is 0 Å². The molecule has 0 bridgehead atoms. The number of nitrogens with zero attached hydrogens (tertiary/aromatic N) is 1. The van der Waals surface area contributed by atoms with Gasteiger partial charge in [0.05, 0.1) is 0 Å². The highest BCUT2D eigenvalue weighted by Crippen LogP contribution is 2.36. The maximum atomic E-state index is 5.68. The molecule has 2 N–H and O–H groups in total. The van der Waals surface area contributed by atoms with Crippen molar-refractivity contribution in [2.75, 3.05) is 13.1 Å². The first-order valence-electron chi connectivity index (χ1n) is 6.78. The highest BCUT2D eigenvalue weighted by molar-refractivity contribution is 4.89. The molecule has 0 radical (unpaired) electrons. The van der Waals surface area contributed by atoms with Crippen LogP contribution in [0.5, 0.6) is 0 Å². The van der Waals surface area contributed by atoms with Crippen molar-refractivity contribution in [3.8, 4) is 0 Å². The van der Waals surface area contributed by atoms with Crippen LogP contribution in [-0.4, -0.2) is 30.1 Å². The minimum Gasteiger partial charge on any atom is -0.330 e. The standard InChI is InChI=1S/C13H26N2/c1-11(8-9-14)15-10-4-6-12-5-2-3-7-13(12)15/h11-13H,2-10,14H2,1H3. The van der Waals surface area contributed by atoms with E-state index in [9.17, 15) is 0 Å². The number of rotatable bonds is 3. The zero-order valence-corrected chi connectivity index (χ0v) is 10.1. The fraction of sp³-hybridized carbons (Fsp3) is 1.00. The predicted octanol–water partition coefficient (Wildman–Crippen LogP) is 2.38. The van der Waals surface area contributed by atoms with Crippen LogP contribution in [0.2, 0.25) is 0 Å². The second-order valence-electron chi connectivity index (χ2n) is 5.42. The van der Waals surface area contributed by atoms with E-state index < -0.39 is 0 Å². The van der Waals surface area contributed by atoms with Gasteiger partial charge in [-0.2, -0.15) is 0 Å². The second kappa shape index (κ2) is 5.31. The zero-order valence-electron chi connectivity index (χ0n) is 10.1. The molecule has 2 rings (SSSR count). The topological polar surface area (TPSA) is 29.3 Å². The van der Waals surface area contributed by atoms with Crippen molar-refractivity contribution >= 4 is 0 Å². The van der Waals surface area contributed by atoms with Gasteiger partial charge in [0.15, 0.2) is 0 Å². The molecule has 1 saturated carbocycles. The summed E-state index contributed by atoms with van der Waals surface area (Å²) in [5.74, 6) is 1.01. The van der Waals surface area contributed by atoms with Gasteiger partial charge in [0.2, 0.25) is 0 Å². The summed E-state index contributed by atoms with van der Waals surface area (Å²) in [6.07, 6.45) is 9.92. The fourth-order valence-corrected chi connectivity index (χ4v) is 3.62. The number of likely N-dealkylation sites (tertiary alicyclic amines) is 1.